The number of carbonyl (C=O) groups is 2. The third-order valence-corrected chi connectivity index (χ3v) is 5.83. The lowest BCUT2D eigenvalue weighted by Crippen LogP contribution is -2.34. The molecule has 1 aromatic heterocycles. The van der Waals surface area contributed by atoms with Crippen LogP contribution < -0.4 is 4.31 Å². The normalized spacial score (nSPS) is 14.0. The number of hydrogen-bond donors (Lipinski definition) is 0. The summed E-state index contributed by atoms with van der Waals surface area (Å²) in [4.78, 5) is 24.1. The highest BCUT2D eigenvalue weighted by Crippen LogP contribution is 2.30. The van der Waals surface area contributed by atoms with Crippen molar-refractivity contribution in [1.29, 1.82) is 0 Å². The van der Waals surface area contributed by atoms with Gasteiger partial charge < -0.3 is 4.74 Å². The zero-order valence-electron chi connectivity index (χ0n) is 13.6. The van der Waals surface area contributed by atoms with Crippen LogP contribution in [-0.2, 0) is 21.2 Å². The molecule has 1 aromatic carbocycles. The summed E-state index contributed by atoms with van der Waals surface area (Å²) in [5.74, 6) is -0.848. The lowest BCUT2D eigenvalue weighted by molar-refractivity contribution is 0.0475. The maximum atomic E-state index is 12.3. The van der Waals surface area contributed by atoms with Gasteiger partial charge in [-0.2, -0.15) is 11.3 Å². The number of sulfonamides is 1. The molecule has 0 fully saturated rings. The van der Waals surface area contributed by atoms with Gasteiger partial charge in [0.15, 0.2) is 12.4 Å². The number of nitrogens with zero attached hydrogens (tertiary/aromatic N) is 1. The fourth-order valence-corrected chi connectivity index (χ4v) is 4.38. The number of aryl methyl sites for hydroxylation is 1. The summed E-state index contributed by atoms with van der Waals surface area (Å²) in [7, 11) is -3.34. The SMILES string of the molecule is CS(=O)(=O)N1CCCc2cc(C(=O)COC(=O)c3ccsc3)ccc21. The number of thiophene rings is 1. The van der Waals surface area contributed by atoms with E-state index in [0.717, 1.165) is 5.56 Å². The van der Waals surface area contributed by atoms with Crippen molar-refractivity contribution in [2.24, 2.45) is 0 Å². The maximum absolute atomic E-state index is 12.3. The van der Waals surface area contributed by atoms with E-state index < -0.39 is 16.0 Å². The highest BCUT2D eigenvalue weighted by molar-refractivity contribution is 7.92. The molecule has 0 amide bonds. The molecule has 8 heteroatoms. The number of esters is 1. The summed E-state index contributed by atoms with van der Waals surface area (Å²) in [6.45, 7) is 0.0979. The zero-order chi connectivity index (χ0) is 18.0. The quantitative estimate of drug-likeness (QED) is 0.589. The molecule has 0 atom stereocenters. The summed E-state index contributed by atoms with van der Waals surface area (Å²) < 4.78 is 30.1. The first-order chi connectivity index (χ1) is 11.9. The number of benzene rings is 1. The number of fused-ring (bicyclic) bond motifs is 1. The third kappa shape index (κ3) is 3.91. The Morgan fingerprint density at radius 3 is 2.72 bits per heavy atom. The van der Waals surface area contributed by atoms with Gasteiger partial charge in [-0.3, -0.25) is 9.10 Å². The molecule has 1 aliphatic heterocycles. The van der Waals surface area contributed by atoms with Crippen molar-refractivity contribution in [2.45, 2.75) is 12.8 Å². The van der Waals surface area contributed by atoms with Crippen LogP contribution in [0.3, 0.4) is 0 Å². The fourth-order valence-electron chi connectivity index (χ4n) is 2.76. The van der Waals surface area contributed by atoms with Gasteiger partial charge in [0.25, 0.3) is 0 Å². The average molecular weight is 379 g/mol. The maximum Gasteiger partial charge on any atom is 0.339 e. The average Bonchev–Trinajstić information content (AvgIpc) is 3.12. The van der Waals surface area contributed by atoms with Gasteiger partial charge in [0.2, 0.25) is 10.0 Å². The van der Waals surface area contributed by atoms with E-state index in [9.17, 15) is 18.0 Å². The van der Waals surface area contributed by atoms with Crippen LogP contribution in [0.25, 0.3) is 0 Å². The highest BCUT2D eigenvalue weighted by atomic mass is 32.2. The van der Waals surface area contributed by atoms with Crippen molar-refractivity contribution >= 4 is 38.8 Å². The number of carbonyl (C=O) groups excluding carboxylic acids is 2. The zero-order valence-corrected chi connectivity index (χ0v) is 15.2. The van der Waals surface area contributed by atoms with Crippen LogP contribution in [0.15, 0.2) is 35.0 Å². The molecule has 0 saturated carbocycles. The van der Waals surface area contributed by atoms with Crippen LogP contribution in [0.5, 0.6) is 0 Å². The summed E-state index contributed by atoms with van der Waals surface area (Å²) in [6, 6.07) is 6.54. The van der Waals surface area contributed by atoms with Gasteiger partial charge in [-0.25, -0.2) is 13.2 Å². The van der Waals surface area contributed by atoms with Crippen molar-refractivity contribution in [2.75, 3.05) is 23.7 Å². The molecular weight excluding hydrogens is 362 g/mol. The van der Waals surface area contributed by atoms with Gasteiger partial charge in [-0.1, -0.05) is 0 Å². The minimum Gasteiger partial charge on any atom is -0.454 e. The second-order valence-electron chi connectivity index (χ2n) is 5.79. The summed E-state index contributed by atoms with van der Waals surface area (Å²) in [5.41, 5.74) is 2.26. The molecule has 2 aromatic rings. The molecular formula is C17H17NO5S2. The number of hydrogen-bond acceptors (Lipinski definition) is 6. The first-order valence-electron chi connectivity index (χ1n) is 7.69. The third-order valence-electron chi connectivity index (χ3n) is 3.97. The van der Waals surface area contributed by atoms with Crippen molar-refractivity contribution in [3.63, 3.8) is 0 Å². The van der Waals surface area contributed by atoms with Crippen LogP contribution in [-0.4, -0.2) is 39.6 Å². The number of ether oxygens (including phenoxy) is 1. The molecule has 0 aliphatic carbocycles. The Bertz CT molecular complexity index is 903. The molecule has 0 spiro atoms. The van der Waals surface area contributed by atoms with Gasteiger partial charge in [0.1, 0.15) is 0 Å². The lowest BCUT2D eigenvalue weighted by atomic mass is 9.99. The summed E-state index contributed by atoms with van der Waals surface area (Å²) >= 11 is 1.38. The van der Waals surface area contributed by atoms with Crippen LogP contribution in [0.4, 0.5) is 5.69 Å². The highest BCUT2D eigenvalue weighted by Gasteiger charge is 2.24. The number of anilines is 1. The standard InChI is InChI=1S/C17H17NO5S2/c1-25(21,22)18-7-2-3-12-9-13(4-5-15(12)18)16(19)10-23-17(20)14-6-8-24-11-14/h4-6,8-9,11H,2-3,7,10H2,1H3. The lowest BCUT2D eigenvalue weighted by Gasteiger charge is -2.29. The molecule has 0 radical (unpaired) electrons. The van der Waals surface area contributed by atoms with Gasteiger partial charge in [0.05, 0.1) is 17.5 Å². The molecule has 132 valence electrons. The fraction of sp³-hybridized carbons (Fsp3) is 0.294. The molecule has 0 unspecified atom stereocenters. The van der Waals surface area contributed by atoms with Gasteiger partial charge in [-0.15, -0.1) is 0 Å². The van der Waals surface area contributed by atoms with E-state index in [1.165, 1.54) is 21.9 Å². The molecule has 25 heavy (non-hydrogen) atoms. The van der Waals surface area contributed by atoms with E-state index >= 15 is 0 Å². The molecule has 2 heterocycles. The Kier molecular flexibility index (Phi) is 4.91. The van der Waals surface area contributed by atoms with E-state index in [2.05, 4.69) is 0 Å². The minimum atomic E-state index is -3.34. The minimum absolute atomic E-state index is 0.317. The van der Waals surface area contributed by atoms with Crippen molar-refractivity contribution in [3.8, 4) is 0 Å². The number of ketones is 1. The second-order valence-corrected chi connectivity index (χ2v) is 8.48. The van der Waals surface area contributed by atoms with Crippen LogP contribution in [0.1, 0.15) is 32.7 Å². The molecule has 6 nitrogen and oxygen atoms in total. The largest absolute Gasteiger partial charge is 0.454 e. The molecule has 1 aliphatic rings. The van der Waals surface area contributed by atoms with E-state index in [1.807, 2.05) is 0 Å². The van der Waals surface area contributed by atoms with E-state index in [1.54, 1.807) is 35.0 Å². The van der Waals surface area contributed by atoms with Crippen molar-refractivity contribution in [3.05, 3.63) is 51.7 Å². The Morgan fingerprint density at radius 2 is 2.04 bits per heavy atom. The topological polar surface area (TPSA) is 80.8 Å². The second kappa shape index (κ2) is 6.97. The van der Waals surface area contributed by atoms with Crippen molar-refractivity contribution in [1.82, 2.24) is 0 Å². The Hall–Kier alpha value is -2.19. The number of rotatable bonds is 5. The van der Waals surface area contributed by atoms with Crippen molar-refractivity contribution < 1.29 is 22.7 Å². The Balaban J connectivity index is 1.73. The summed E-state index contributed by atoms with van der Waals surface area (Å²) in [5, 5.41) is 3.42. The van der Waals surface area contributed by atoms with Crippen LogP contribution in [0.2, 0.25) is 0 Å². The first kappa shape index (κ1) is 17.6. The van der Waals surface area contributed by atoms with Gasteiger partial charge >= 0.3 is 5.97 Å². The van der Waals surface area contributed by atoms with E-state index in [-0.39, 0.29) is 12.4 Å². The number of Topliss-reactive ketones (excluding diaryl/α,β-unsaturated/α-hetero) is 1. The molecule has 3 rings (SSSR count). The predicted octanol–water partition coefficient (Wildman–Crippen LogP) is 2.50. The monoisotopic (exact) mass is 379 g/mol. The van der Waals surface area contributed by atoms with Crippen LogP contribution in [0, 0.1) is 0 Å². The predicted molar refractivity (Wildman–Crippen MR) is 95.9 cm³/mol. The van der Waals surface area contributed by atoms with Gasteiger partial charge in [0, 0.05) is 17.5 Å². The first-order valence-corrected chi connectivity index (χ1v) is 10.5. The Morgan fingerprint density at radius 1 is 1.24 bits per heavy atom. The van der Waals surface area contributed by atoms with E-state index in [4.69, 9.17) is 4.74 Å². The molecule has 0 bridgehead atoms. The Labute approximate surface area is 150 Å². The smallest absolute Gasteiger partial charge is 0.339 e. The molecule has 0 saturated heterocycles. The van der Waals surface area contributed by atoms with Gasteiger partial charge in [-0.05, 0) is 48.1 Å². The van der Waals surface area contributed by atoms with E-state index in [0.29, 0.717) is 36.2 Å². The summed E-state index contributed by atoms with van der Waals surface area (Å²) in [6.07, 6.45) is 2.58. The van der Waals surface area contributed by atoms with Crippen LogP contribution >= 0.6 is 11.3 Å². The molecule has 0 N–H and O–H groups in total.